The highest BCUT2D eigenvalue weighted by Crippen LogP contribution is 2.50. The maximum Gasteiger partial charge on any atom is 0.233 e. The molecule has 1 amide bonds. The Labute approximate surface area is 179 Å². The summed E-state index contributed by atoms with van der Waals surface area (Å²) in [5.74, 6) is 1.31. The number of amides is 1. The van der Waals surface area contributed by atoms with E-state index < -0.39 is 10.0 Å². The maximum absolute atomic E-state index is 13.4. The number of likely N-dealkylation sites (tertiary alicyclic amines) is 1. The van der Waals surface area contributed by atoms with E-state index in [1.54, 1.807) is 7.11 Å². The summed E-state index contributed by atoms with van der Waals surface area (Å²) >= 11 is 0. The van der Waals surface area contributed by atoms with E-state index in [9.17, 15) is 13.2 Å². The zero-order chi connectivity index (χ0) is 21.4. The predicted octanol–water partition coefficient (Wildman–Crippen LogP) is 2.06. The largest absolute Gasteiger partial charge is 0.497 e. The average Bonchev–Trinajstić information content (AvgIpc) is 3.54. The van der Waals surface area contributed by atoms with Crippen LogP contribution in [0.4, 0.5) is 0 Å². The molecule has 1 aromatic rings. The van der Waals surface area contributed by atoms with Crippen molar-refractivity contribution in [1.82, 2.24) is 9.62 Å². The van der Waals surface area contributed by atoms with E-state index in [0.717, 1.165) is 49.8 Å². The Morgan fingerprint density at radius 1 is 1.20 bits per heavy atom. The van der Waals surface area contributed by atoms with Gasteiger partial charge in [0.2, 0.25) is 15.9 Å². The molecule has 2 aliphatic heterocycles. The fraction of sp³-hybridized carbons (Fsp3) is 0.682. The number of carbonyl (C=O) groups is 1. The van der Waals surface area contributed by atoms with Crippen molar-refractivity contribution < 1.29 is 22.7 Å². The van der Waals surface area contributed by atoms with Crippen LogP contribution in [-0.2, 0) is 25.0 Å². The fourth-order valence-electron chi connectivity index (χ4n) is 5.00. The molecule has 8 heteroatoms. The molecule has 1 saturated carbocycles. The highest BCUT2D eigenvalue weighted by Gasteiger charge is 2.54. The molecule has 0 aromatic heterocycles. The first kappa shape index (κ1) is 21.6. The van der Waals surface area contributed by atoms with Gasteiger partial charge in [0.05, 0.1) is 24.4 Å². The van der Waals surface area contributed by atoms with Gasteiger partial charge in [0.1, 0.15) is 5.75 Å². The van der Waals surface area contributed by atoms with Crippen LogP contribution in [0.5, 0.6) is 5.75 Å². The molecule has 1 spiro atoms. The second-order valence-corrected chi connectivity index (χ2v) is 10.9. The van der Waals surface area contributed by atoms with Crippen LogP contribution in [0.15, 0.2) is 24.3 Å². The molecule has 2 saturated heterocycles. The van der Waals surface area contributed by atoms with Crippen LogP contribution in [0.25, 0.3) is 0 Å². The standard InChI is InChI=1S/C22H32N2O5S/c1-28-19-5-3-18(4-6-19)22(8-9-22)20(25)24-12-10-21(11-13-24)15-17(7-14-29-21)16-23-30(2,26)27/h3-6,17,23H,7-16H2,1-2H3. The van der Waals surface area contributed by atoms with Crippen molar-refractivity contribution >= 4 is 15.9 Å². The molecule has 30 heavy (non-hydrogen) atoms. The van der Waals surface area contributed by atoms with Crippen molar-refractivity contribution in [1.29, 1.82) is 0 Å². The molecule has 0 bridgehead atoms. The minimum atomic E-state index is -3.18. The second-order valence-electron chi connectivity index (χ2n) is 9.11. The number of benzene rings is 1. The minimum Gasteiger partial charge on any atom is -0.497 e. The van der Waals surface area contributed by atoms with Gasteiger partial charge in [-0.05, 0) is 62.1 Å². The molecule has 166 valence electrons. The number of ether oxygens (including phenoxy) is 2. The van der Waals surface area contributed by atoms with E-state index >= 15 is 0 Å². The van der Waals surface area contributed by atoms with Gasteiger partial charge in [-0.15, -0.1) is 0 Å². The topological polar surface area (TPSA) is 84.9 Å². The van der Waals surface area contributed by atoms with E-state index in [-0.39, 0.29) is 22.8 Å². The number of hydrogen-bond acceptors (Lipinski definition) is 5. The minimum absolute atomic E-state index is 0.226. The molecule has 0 radical (unpaired) electrons. The number of hydrogen-bond donors (Lipinski definition) is 1. The Hall–Kier alpha value is -1.64. The first-order chi connectivity index (χ1) is 14.3. The molecule has 1 atom stereocenters. The van der Waals surface area contributed by atoms with Gasteiger partial charge >= 0.3 is 0 Å². The summed E-state index contributed by atoms with van der Waals surface area (Å²) < 4.78 is 36.9. The summed E-state index contributed by atoms with van der Waals surface area (Å²) in [4.78, 5) is 15.4. The first-order valence-corrected chi connectivity index (χ1v) is 12.7. The van der Waals surface area contributed by atoms with Gasteiger partial charge in [-0.25, -0.2) is 13.1 Å². The third-order valence-electron chi connectivity index (χ3n) is 6.99. The van der Waals surface area contributed by atoms with Crippen LogP contribution >= 0.6 is 0 Å². The van der Waals surface area contributed by atoms with Crippen LogP contribution < -0.4 is 9.46 Å². The lowest BCUT2D eigenvalue weighted by Gasteiger charge is -2.46. The molecular weight excluding hydrogens is 404 g/mol. The number of piperidine rings is 1. The number of nitrogens with one attached hydrogen (secondary N) is 1. The smallest absolute Gasteiger partial charge is 0.233 e. The lowest BCUT2D eigenvalue weighted by Crippen LogP contribution is -2.53. The quantitative estimate of drug-likeness (QED) is 0.738. The van der Waals surface area contributed by atoms with Crippen molar-refractivity contribution in [2.75, 3.05) is 39.6 Å². The van der Waals surface area contributed by atoms with Crippen LogP contribution in [0.3, 0.4) is 0 Å². The van der Waals surface area contributed by atoms with Crippen molar-refractivity contribution in [3.8, 4) is 5.75 Å². The van der Waals surface area contributed by atoms with Gasteiger partial charge in [0, 0.05) is 26.2 Å². The number of rotatable bonds is 6. The van der Waals surface area contributed by atoms with E-state index in [1.807, 2.05) is 29.2 Å². The summed E-state index contributed by atoms with van der Waals surface area (Å²) in [5.41, 5.74) is 0.483. The van der Waals surface area contributed by atoms with Crippen LogP contribution in [0, 0.1) is 5.92 Å². The molecule has 1 N–H and O–H groups in total. The Balaban J connectivity index is 1.36. The maximum atomic E-state index is 13.4. The van der Waals surface area contributed by atoms with E-state index in [4.69, 9.17) is 9.47 Å². The molecule has 1 aromatic carbocycles. The van der Waals surface area contributed by atoms with Crippen LogP contribution in [-0.4, -0.2) is 64.4 Å². The predicted molar refractivity (Wildman–Crippen MR) is 114 cm³/mol. The molecule has 4 rings (SSSR count). The van der Waals surface area contributed by atoms with Crippen LogP contribution in [0.1, 0.15) is 44.1 Å². The second kappa shape index (κ2) is 8.13. The fourth-order valence-corrected chi connectivity index (χ4v) is 5.54. The van der Waals surface area contributed by atoms with Gasteiger partial charge in [-0.3, -0.25) is 4.79 Å². The Kier molecular flexibility index (Phi) is 5.85. The van der Waals surface area contributed by atoms with Crippen molar-refractivity contribution in [3.05, 3.63) is 29.8 Å². The Morgan fingerprint density at radius 2 is 1.87 bits per heavy atom. The van der Waals surface area contributed by atoms with Gasteiger partial charge in [0.15, 0.2) is 0 Å². The number of methoxy groups -OCH3 is 1. The molecule has 1 unspecified atom stereocenters. The number of sulfonamides is 1. The summed E-state index contributed by atoms with van der Waals surface area (Å²) in [5, 5.41) is 0. The average molecular weight is 437 g/mol. The molecule has 1 aliphatic carbocycles. The molecule has 3 aliphatic rings. The van der Waals surface area contributed by atoms with Crippen LogP contribution in [0.2, 0.25) is 0 Å². The summed E-state index contributed by atoms with van der Waals surface area (Å²) in [7, 11) is -1.53. The lowest BCUT2D eigenvalue weighted by molar-refractivity contribution is -0.149. The molecule has 2 heterocycles. The lowest BCUT2D eigenvalue weighted by atomic mass is 9.79. The van der Waals surface area contributed by atoms with E-state index in [2.05, 4.69) is 4.72 Å². The van der Waals surface area contributed by atoms with Gasteiger partial charge in [-0.2, -0.15) is 0 Å². The number of carbonyl (C=O) groups excluding carboxylic acids is 1. The van der Waals surface area contributed by atoms with Crippen molar-refractivity contribution in [2.24, 2.45) is 5.92 Å². The third kappa shape index (κ3) is 4.50. The van der Waals surface area contributed by atoms with E-state index in [0.29, 0.717) is 26.2 Å². The van der Waals surface area contributed by atoms with Crippen molar-refractivity contribution in [3.63, 3.8) is 0 Å². The monoisotopic (exact) mass is 436 g/mol. The third-order valence-corrected chi connectivity index (χ3v) is 7.68. The zero-order valence-corrected chi connectivity index (χ0v) is 18.7. The first-order valence-electron chi connectivity index (χ1n) is 10.8. The van der Waals surface area contributed by atoms with Gasteiger partial charge in [-0.1, -0.05) is 12.1 Å². The van der Waals surface area contributed by atoms with Gasteiger partial charge in [0.25, 0.3) is 0 Å². The zero-order valence-electron chi connectivity index (χ0n) is 17.9. The molecule has 7 nitrogen and oxygen atoms in total. The Bertz CT molecular complexity index is 871. The summed E-state index contributed by atoms with van der Waals surface area (Å²) in [6.07, 6.45) is 6.34. The summed E-state index contributed by atoms with van der Waals surface area (Å²) in [6.45, 7) is 2.51. The number of nitrogens with zero attached hydrogens (tertiary/aromatic N) is 1. The normalized spacial score (nSPS) is 25.1. The summed E-state index contributed by atoms with van der Waals surface area (Å²) in [6, 6.07) is 7.88. The van der Waals surface area contributed by atoms with Gasteiger partial charge < -0.3 is 14.4 Å². The van der Waals surface area contributed by atoms with Crippen molar-refractivity contribution in [2.45, 2.75) is 49.5 Å². The molecular formula is C22H32N2O5S. The Morgan fingerprint density at radius 3 is 2.43 bits per heavy atom. The van der Waals surface area contributed by atoms with E-state index in [1.165, 1.54) is 6.26 Å². The SMILES string of the molecule is COc1ccc(C2(C(=O)N3CCC4(CC3)CC(CNS(C)(=O)=O)CCO4)CC2)cc1. The highest BCUT2D eigenvalue weighted by atomic mass is 32.2. The molecule has 3 fully saturated rings. The highest BCUT2D eigenvalue weighted by molar-refractivity contribution is 7.88.